The molecule has 0 radical (unpaired) electrons. The molecule has 2 N–H and O–H groups in total. The number of carbonyl (C=O) groups excluding carboxylic acids is 1. The zero-order chi connectivity index (χ0) is 16.7. The highest BCUT2D eigenvalue weighted by molar-refractivity contribution is 5.98. The van der Waals surface area contributed by atoms with E-state index in [4.69, 9.17) is 20.0 Å². The first-order chi connectivity index (χ1) is 11.1. The molecule has 6 heteroatoms. The van der Waals surface area contributed by atoms with Crippen molar-refractivity contribution in [1.82, 2.24) is 0 Å². The van der Waals surface area contributed by atoms with Gasteiger partial charge in [-0.25, -0.2) is 4.79 Å². The molecule has 0 aromatic heterocycles. The minimum Gasteiger partial charge on any atom is -0.493 e. The van der Waals surface area contributed by atoms with E-state index in [1.807, 2.05) is 30.3 Å². The van der Waals surface area contributed by atoms with Crippen molar-refractivity contribution in [1.29, 1.82) is 0 Å². The number of rotatable bonds is 6. The number of oxime groups is 1. The lowest BCUT2D eigenvalue weighted by molar-refractivity contribution is -0.142. The Balaban J connectivity index is 2.03. The molecule has 2 rings (SSSR count). The van der Waals surface area contributed by atoms with E-state index >= 15 is 0 Å². The van der Waals surface area contributed by atoms with Crippen LogP contribution in [0.1, 0.15) is 11.1 Å². The van der Waals surface area contributed by atoms with Gasteiger partial charge in [0.1, 0.15) is 0 Å². The standard InChI is InChI=1S/C17H18N2O4/c1-21-14-9-8-13(11-15(14)22-2)17(18)19-23-16(20)10-12-6-4-3-5-7-12/h3-9,11H,10H2,1-2H3,(H2,18,19). The summed E-state index contributed by atoms with van der Waals surface area (Å²) in [5.41, 5.74) is 7.24. The maximum atomic E-state index is 11.7. The Morgan fingerprint density at radius 2 is 1.74 bits per heavy atom. The van der Waals surface area contributed by atoms with Gasteiger partial charge in [0.2, 0.25) is 0 Å². The summed E-state index contributed by atoms with van der Waals surface area (Å²) in [6, 6.07) is 14.3. The third-order valence-corrected chi connectivity index (χ3v) is 3.12. The van der Waals surface area contributed by atoms with Gasteiger partial charge in [-0.15, -0.1) is 0 Å². The molecule has 120 valence electrons. The van der Waals surface area contributed by atoms with Crippen LogP contribution < -0.4 is 15.2 Å². The van der Waals surface area contributed by atoms with Crippen molar-refractivity contribution in [2.75, 3.05) is 14.2 Å². The molecule has 0 fully saturated rings. The third-order valence-electron chi connectivity index (χ3n) is 3.12. The number of nitrogens with zero attached hydrogens (tertiary/aromatic N) is 1. The van der Waals surface area contributed by atoms with Crippen LogP contribution in [0.2, 0.25) is 0 Å². The van der Waals surface area contributed by atoms with Crippen molar-refractivity contribution in [3.63, 3.8) is 0 Å². The van der Waals surface area contributed by atoms with Crippen LogP contribution in [0, 0.1) is 0 Å². The number of ether oxygens (including phenoxy) is 2. The fourth-order valence-corrected chi connectivity index (χ4v) is 1.94. The number of amidine groups is 1. The average molecular weight is 314 g/mol. The van der Waals surface area contributed by atoms with Crippen LogP contribution in [0.15, 0.2) is 53.7 Å². The van der Waals surface area contributed by atoms with Crippen LogP contribution in [0.4, 0.5) is 0 Å². The van der Waals surface area contributed by atoms with Crippen molar-refractivity contribution in [2.24, 2.45) is 10.9 Å². The van der Waals surface area contributed by atoms with Gasteiger partial charge < -0.3 is 20.0 Å². The van der Waals surface area contributed by atoms with E-state index in [9.17, 15) is 4.79 Å². The number of hydrogen-bond acceptors (Lipinski definition) is 5. The van der Waals surface area contributed by atoms with Crippen LogP contribution in [0.5, 0.6) is 11.5 Å². The smallest absolute Gasteiger partial charge is 0.339 e. The predicted molar refractivity (Wildman–Crippen MR) is 86.5 cm³/mol. The van der Waals surface area contributed by atoms with Crippen molar-refractivity contribution >= 4 is 11.8 Å². The second kappa shape index (κ2) is 7.84. The minimum absolute atomic E-state index is 0.0763. The molecule has 0 heterocycles. The lowest BCUT2D eigenvalue weighted by Crippen LogP contribution is -2.16. The van der Waals surface area contributed by atoms with E-state index in [2.05, 4.69) is 5.16 Å². The quantitative estimate of drug-likeness (QED) is 0.382. The molecule has 0 aliphatic carbocycles. The largest absolute Gasteiger partial charge is 0.493 e. The summed E-state index contributed by atoms with van der Waals surface area (Å²) >= 11 is 0. The molecule has 23 heavy (non-hydrogen) atoms. The molecule has 0 amide bonds. The van der Waals surface area contributed by atoms with Gasteiger partial charge in [-0.3, -0.25) is 0 Å². The molecule has 0 aliphatic rings. The molecule has 2 aromatic carbocycles. The van der Waals surface area contributed by atoms with Crippen LogP contribution in [0.3, 0.4) is 0 Å². The first kappa shape index (κ1) is 16.4. The first-order valence-corrected chi connectivity index (χ1v) is 6.93. The maximum absolute atomic E-state index is 11.7. The van der Waals surface area contributed by atoms with Gasteiger partial charge in [0.05, 0.1) is 20.6 Å². The van der Waals surface area contributed by atoms with Gasteiger partial charge >= 0.3 is 5.97 Å². The number of benzene rings is 2. The third kappa shape index (κ3) is 4.47. The van der Waals surface area contributed by atoms with Crippen LogP contribution in [0.25, 0.3) is 0 Å². The second-order valence-corrected chi connectivity index (χ2v) is 4.67. The van der Waals surface area contributed by atoms with Gasteiger partial charge in [-0.1, -0.05) is 35.5 Å². The van der Waals surface area contributed by atoms with E-state index in [0.717, 1.165) is 5.56 Å². The average Bonchev–Trinajstić information content (AvgIpc) is 2.59. The fraction of sp³-hybridized carbons (Fsp3) is 0.176. The lowest BCUT2D eigenvalue weighted by Gasteiger charge is -2.09. The molecule has 0 unspecified atom stereocenters. The normalized spacial score (nSPS) is 11.0. The number of carbonyl (C=O) groups is 1. The lowest BCUT2D eigenvalue weighted by atomic mass is 10.2. The molecule has 6 nitrogen and oxygen atoms in total. The second-order valence-electron chi connectivity index (χ2n) is 4.67. The number of hydrogen-bond donors (Lipinski definition) is 1. The monoisotopic (exact) mass is 314 g/mol. The van der Waals surface area contributed by atoms with Gasteiger partial charge in [0, 0.05) is 5.56 Å². The van der Waals surface area contributed by atoms with E-state index in [1.54, 1.807) is 25.3 Å². The summed E-state index contributed by atoms with van der Waals surface area (Å²) < 4.78 is 10.3. The van der Waals surface area contributed by atoms with Crippen LogP contribution >= 0.6 is 0 Å². The Labute approximate surface area is 134 Å². The van der Waals surface area contributed by atoms with Crippen molar-refractivity contribution in [2.45, 2.75) is 6.42 Å². The summed E-state index contributed by atoms with van der Waals surface area (Å²) in [5, 5.41) is 3.67. The van der Waals surface area contributed by atoms with Gasteiger partial charge in [0.25, 0.3) is 0 Å². The van der Waals surface area contributed by atoms with Crippen molar-refractivity contribution in [3.05, 3.63) is 59.7 Å². The van der Waals surface area contributed by atoms with Gasteiger partial charge in [0.15, 0.2) is 17.3 Å². The van der Waals surface area contributed by atoms with Crippen LogP contribution in [-0.2, 0) is 16.1 Å². The maximum Gasteiger partial charge on any atom is 0.339 e. The first-order valence-electron chi connectivity index (χ1n) is 6.93. The van der Waals surface area contributed by atoms with E-state index < -0.39 is 5.97 Å². The summed E-state index contributed by atoms with van der Waals surface area (Å²) in [6.45, 7) is 0. The molecule has 0 aliphatic heterocycles. The van der Waals surface area contributed by atoms with Crippen molar-refractivity contribution < 1.29 is 19.1 Å². The highest BCUT2D eigenvalue weighted by Gasteiger charge is 2.09. The molecule has 0 bridgehead atoms. The summed E-state index contributed by atoms with van der Waals surface area (Å²) in [5.74, 6) is 0.677. The summed E-state index contributed by atoms with van der Waals surface area (Å²) in [4.78, 5) is 16.6. The highest BCUT2D eigenvalue weighted by atomic mass is 16.7. The molecule has 0 spiro atoms. The molecule has 0 atom stereocenters. The Hall–Kier alpha value is -3.02. The SMILES string of the molecule is COc1ccc(/C(N)=N/OC(=O)Cc2ccccc2)cc1OC. The zero-order valence-corrected chi connectivity index (χ0v) is 13.0. The molecule has 2 aromatic rings. The van der Waals surface area contributed by atoms with E-state index in [-0.39, 0.29) is 12.3 Å². The molecular weight excluding hydrogens is 296 g/mol. The fourth-order valence-electron chi connectivity index (χ4n) is 1.94. The minimum atomic E-state index is -0.486. The Bertz CT molecular complexity index is 699. The number of methoxy groups -OCH3 is 2. The Kier molecular flexibility index (Phi) is 5.57. The van der Waals surface area contributed by atoms with E-state index in [1.165, 1.54) is 7.11 Å². The summed E-state index contributed by atoms with van der Waals surface area (Å²) in [6.07, 6.45) is 0.129. The predicted octanol–water partition coefficient (Wildman–Crippen LogP) is 2.11. The van der Waals surface area contributed by atoms with E-state index in [0.29, 0.717) is 17.1 Å². The molecular formula is C17H18N2O4. The topological polar surface area (TPSA) is 83.1 Å². The van der Waals surface area contributed by atoms with Gasteiger partial charge in [-0.05, 0) is 23.8 Å². The number of nitrogens with two attached hydrogens (primary N) is 1. The summed E-state index contributed by atoms with van der Waals surface area (Å²) in [7, 11) is 3.06. The van der Waals surface area contributed by atoms with Crippen LogP contribution in [-0.4, -0.2) is 26.0 Å². The zero-order valence-electron chi connectivity index (χ0n) is 13.0. The highest BCUT2D eigenvalue weighted by Crippen LogP contribution is 2.27. The Morgan fingerprint density at radius 1 is 1.04 bits per heavy atom. The Morgan fingerprint density at radius 3 is 2.39 bits per heavy atom. The molecule has 0 saturated carbocycles. The van der Waals surface area contributed by atoms with Gasteiger partial charge in [-0.2, -0.15) is 0 Å². The molecule has 0 saturated heterocycles. The van der Waals surface area contributed by atoms with Crippen molar-refractivity contribution in [3.8, 4) is 11.5 Å².